The van der Waals surface area contributed by atoms with E-state index in [2.05, 4.69) is 22.3 Å². The Balaban J connectivity index is 2.14. The fourth-order valence-electron chi connectivity index (χ4n) is 2.04. The molecule has 19 heavy (non-hydrogen) atoms. The molecule has 0 aliphatic rings. The van der Waals surface area contributed by atoms with Gasteiger partial charge < -0.3 is 10.1 Å². The van der Waals surface area contributed by atoms with Gasteiger partial charge in [0.1, 0.15) is 0 Å². The number of pyridine rings is 1. The van der Waals surface area contributed by atoms with Gasteiger partial charge in [-0.25, -0.2) is 4.98 Å². The second kappa shape index (κ2) is 5.73. The minimum Gasteiger partial charge on any atom is -0.490 e. The quantitative estimate of drug-likeness (QED) is 0.897. The van der Waals surface area contributed by atoms with Gasteiger partial charge in [0.05, 0.1) is 12.3 Å². The van der Waals surface area contributed by atoms with Crippen molar-refractivity contribution in [2.75, 3.05) is 11.9 Å². The van der Waals surface area contributed by atoms with Gasteiger partial charge in [-0.15, -0.1) is 0 Å². The normalized spacial score (nSPS) is 10.5. The molecular weight excluding hydrogens is 240 g/mol. The van der Waals surface area contributed by atoms with Crippen molar-refractivity contribution in [2.24, 2.45) is 7.05 Å². The molecule has 2 aromatic heterocycles. The summed E-state index contributed by atoms with van der Waals surface area (Å²) in [6.07, 6.45) is 1.76. The highest BCUT2D eigenvalue weighted by molar-refractivity contribution is 5.50. The molecule has 0 amide bonds. The number of rotatable bonds is 5. The Hall–Kier alpha value is -2.04. The van der Waals surface area contributed by atoms with Crippen LogP contribution in [0, 0.1) is 13.8 Å². The molecule has 5 nitrogen and oxygen atoms in total. The minimum atomic E-state index is 0.630. The van der Waals surface area contributed by atoms with Crippen molar-refractivity contribution in [3.05, 3.63) is 35.3 Å². The number of hydrogen-bond donors (Lipinski definition) is 1. The summed E-state index contributed by atoms with van der Waals surface area (Å²) in [7, 11) is 1.96. The van der Waals surface area contributed by atoms with E-state index in [1.807, 2.05) is 37.7 Å². The smallest absolute Gasteiger partial charge is 0.169 e. The Labute approximate surface area is 113 Å². The van der Waals surface area contributed by atoms with Crippen LogP contribution >= 0.6 is 0 Å². The average molecular weight is 260 g/mol. The summed E-state index contributed by atoms with van der Waals surface area (Å²) in [6, 6.07) is 3.79. The maximum absolute atomic E-state index is 5.55. The number of nitrogens with zero attached hydrogens (tertiary/aromatic N) is 3. The first-order chi connectivity index (χ1) is 9.13. The maximum Gasteiger partial charge on any atom is 0.169 e. The molecule has 0 saturated heterocycles. The Bertz CT molecular complexity index is 563. The van der Waals surface area contributed by atoms with Crippen LogP contribution < -0.4 is 10.1 Å². The average Bonchev–Trinajstić information content (AvgIpc) is 2.63. The number of ether oxygens (including phenoxy) is 1. The van der Waals surface area contributed by atoms with Crippen LogP contribution in [-0.2, 0) is 13.6 Å². The Kier molecular flexibility index (Phi) is 4.04. The van der Waals surface area contributed by atoms with E-state index in [4.69, 9.17) is 4.74 Å². The number of hydrogen-bond acceptors (Lipinski definition) is 4. The van der Waals surface area contributed by atoms with Crippen molar-refractivity contribution in [3.63, 3.8) is 0 Å². The number of aromatic nitrogens is 3. The zero-order chi connectivity index (χ0) is 13.8. The summed E-state index contributed by atoms with van der Waals surface area (Å²) in [5, 5.41) is 7.73. The molecule has 0 atom stereocenters. The molecule has 0 spiro atoms. The lowest BCUT2D eigenvalue weighted by atomic mass is 10.2. The molecule has 0 bridgehead atoms. The van der Waals surface area contributed by atoms with Crippen LogP contribution in [0.5, 0.6) is 5.75 Å². The third-order valence-corrected chi connectivity index (χ3v) is 3.16. The third-order valence-electron chi connectivity index (χ3n) is 3.16. The largest absolute Gasteiger partial charge is 0.490 e. The number of anilines is 1. The van der Waals surface area contributed by atoms with Gasteiger partial charge in [0.25, 0.3) is 0 Å². The van der Waals surface area contributed by atoms with Gasteiger partial charge in [0, 0.05) is 31.0 Å². The zero-order valence-electron chi connectivity index (χ0n) is 11.9. The van der Waals surface area contributed by atoms with Crippen LogP contribution in [-0.4, -0.2) is 21.4 Å². The van der Waals surface area contributed by atoms with Crippen molar-refractivity contribution < 1.29 is 4.74 Å². The lowest BCUT2D eigenvalue weighted by Gasteiger charge is -2.11. The van der Waals surface area contributed by atoms with E-state index in [9.17, 15) is 0 Å². The summed E-state index contributed by atoms with van der Waals surface area (Å²) < 4.78 is 7.44. The van der Waals surface area contributed by atoms with Crippen molar-refractivity contribution >= 4 is 5.82 Å². The molecule has 1 N–H and O–H groups in total. The fourth-order valence-corrected chi connectivity index (χ4v) is 2.04. The van der Waals surface area contributed by atoms with Crippen molar-refractivity contribution in [1.29, 1.82) is 0 Å². The highest BCUT2D eigenvalue weighted by atomic mass is 16.5. The fraction of sp³-hybridized carbons (Fsp3) is 0.429. The summed E-state index contributed by atoms with van der Waals surface area (Å²) in [5.41, 5.74) is 3.41. The van der Waals surface area contributed by atoms with E-state index in [0.717, 1.165) is 17.3 Å². The second-order valence-electron chi connectivity index (χ2n) is 4.41. The Morgan fingerprint density at radius 2 is 2.16 bits per heavy atom. The zero-order valence-corrected chi connectivity index (χ0v) is 11.9. The van der Waals surface area contributed by atoms with Crippen LogP contribution in [0.1, 0.15) is 23.9 Å². The molecule has 5 heteroatoms. The SMILES string of the molecule is CCOc1cccnc1NCc1c(C)nn(C)c1C. The summed E-state index contributed by atoms with van der Waals surface area (Å²) >= 11 is 0. The van der Waals surface area contributed by atoms with Gasteiger partial charge in [-0.2, -0.15) is 5.10 Å². The molecule has 0 aromatic carbocycles. The lowest BCUT2D eigenvalue weighted by molar-refractivity contribution is 0.340. The standard InChI is InChI=1S/C14H20N4O/c1-5-19-13-7-6-8-15-14(13)16-9-12-10(2)17-18(4)11(12)3/h6-8H,5,9H2,1-4H3,(H,15,16). The van der Waals surface area contributed by atoms with Crippen LogP contribution in [0.3, 0.4) is 0 Å². The first kappa shape index (κ1) is 13.4. The first-order valence-corrected chi connectivity index (χ1v) is 6.44. The van der Waals surface area contributed by atoms with E-state index < -0.39 is 0 Å². The molecule has 0 fully saturated rings. The molecule has 102 valence electrons. The van der Waals surface area contributed by atoms with E-state index >= 15 is 0 Å². The Morgan fingerprint density at radius 1 is 1.37 bits per heavy atom. The van der Waals surface area contributed by atoms with E-state index in [-0.39, 0.29) is 0 Å². The second-order valence-corrected chi connectivity index (χ2v) is 4.41. The van der Waals surface area contributed by atoms with Crippen LogP contribution in [0.15, 0.2) is 18.3 Å². The van der Waals surface area contributed by atoms with Crippen LogP contribution in [0.25, 0.3) is 0 Å². The molecular formula is C14H20N4O. The maximum atomic E-state index is 5.55. The van der Waals surface area contributed by atoms with Crippen LogP contribution in [0.2, 0.25) is 0 Å². The molecule has 0 radical (unpaired) electrons. The highest BCUT2D eigenvalue weighted by Gasteiger charge is 2.10. The Morgan fingerprint density at radius 3 is 2.79 bits per heavy atom. The monoisotopic (exact) mass is 260 g/mol. The molecule has 2 rings (SSSR count). The van der Waals surface area contributed by atoms with Gasteiger partial charge in [-0.3, -0.25) is 4.68 Å². The van der Waals surface area contributed by atoms with Gasteiger partial charge >= 0.3 is 0 Å². The summed E-state index contributed by atoms with van der Waals surface area (Å²) in [6.45, 7) is 7.38. The van der Waals surface area contributed by atoms with E-state index in [0.29, 0.717) is 13.2 Å². The third kappa shape index (κ3) is 2.86. The number of nitrogens with one attached hydrogen (secondary N) is 1. The molecule has 0 saturated carbocycles. The van der Waals surface area contributed by atoms with Crippen molar-refractivity contribution in [2.45, 2.75) is 27.3 Å². The summed E-state index contributed by atoms with van der Waals surface area (Å²) in [5.74, 6) is 1.55. The van der Waals surface area contributed by atoms with E-state index in [1.165, 1.54) is 11.3 Å². The highest BCUT2D eigenvalue weighted by Crippen LogP contribution is 2.22. The van der Waals surface area contributed by atoms with Gasteiger partial charge in [0.15, 0.2) is 11.6 Å². The molecule has 0 unspecified atom stereocenters. The predicted octanol–water partition coefficient (Wildman–Crippen LogP) is 2.44. The van der Waals surface area contributed by atoms with E-state index in [1.54, 1.807) is 6.20 Å². The van der Waals surface area contributed by atoms with Crippen molar-refractivity contribution in [1.82, 2.24) is 14.8 Å². The van der Waals surface area contributed by atoms with Gasteiger partial charge in [-0.1, -0.05) is 0 Å². The molecule has 0 aliphatic heterocycles. The lowest BCUT2D eigenvalue weighted by Crippen LogP contribution is -2.06. The molecule has 2 aromatic rings. The van der Waals surface area contributed by atoms with Gasteiger partial charge in [-0.05, 0) is 32.9 Å². The molecule has 0 aliphatic carbocycles. The minimum absolute atomic E-state index is 0.630. The van der Waals surface area contributed by atoms with Crippen molar-refractivity contribution in [3.8, 4) is 5.75 Å². The topological polar surface area (TPSA) is 52.0 Å². The first-order valence-electron chi connectivity index (χ1n) is 6.44. The predicted molar refractivity (Wildman–Crippen MR) is 75.4 cm³/mol. The van der Waals surface area contributed by atoms with Gasteiger partial charge in [0.2, 0.25) is 0 Å². The summed E-state index contributed by atoms with van der Waals surface area (Å²) in [4.78, 5) is 4.32. The molecule has 2 heterocycles. The number of aryl methyl sites for hydroxylation is 2. The van der Waals surface area contributed by atoms with Crippen LogP contribution in [0.4, 0.5) is 5.82 Å².